The molecule has 168 valence electrons. The fourth-order valence-electron chi connectivity index (χ4n) is 3.53. The smallest absolute Gasteiger partial charge is 0.240 e. The Kier molecular flexibility index (Phi) is 8.45. The van der Waals surface area contributed by atoms with Gasteiger partial charge in [0.1, 0.15) is 0 Å². The third-order valence-electron chi connectivity index (χ3n) is 5.35. The Bertz CT molecular complexity index is 950. The van der Waals surface area contributed by atoms with Gasteiger partial charge >= 0.3 is 0 Å². The summed E-state index contributed by atoms with van der Waals surface area (Å²) in [7, 11) is -1.80. The fourth-order valence-corrected chi connectivity index (χ4v) is 4.57. The Morgan fingerprint density at radius 3 is 2.23 bits per heavy atom. The third-order valence-corrected chi connectivity index (χ3v) is 6.83. The fraction of sp³-hybridized carbons (Fsp3) is 0.435. The van der Waals surface area contributed by atoms with Crippen molar-refractivity contribution < 1.29 is 8.42 Å². The number of hydrogen-bond acceptors (Lipinski definition) is 4. The maximum atomic E-state index is 12.3. The number of rotatable bonds is 9. The monoisotopic (exact) mass is 443 g/mol. The molecule has 2 aromatic carbocycles. The van der Waals surface area contributed by atoms with Crippen LogP contribution in [0.3, 0.4) is 0 Å². The first-order valence-corrected chi connectivity index (χ1v) is 12.3. The van der Waals surface area contributed by atoms with Crippen LogP contribution in [0.15, 0.2) is 58.4 Å². The van der Waals surface area contributed by atoms with Crippen molar-refractivity contribution in [1.82, 2.24) is 20.3 Å². The van der Waals surface area contributed by atoms with Crippen molar-refractivity contribution in [3.8, 4) is 0 Å². The van der Waals surface area contributed by atoms with Crippen molar-refractivity contribution in [1.29, 1.82) is 0 Å². The van der Waals surface area contributed by atoms with Crippen LogP contribution in [0.1, 0.15) is 29.5 Å². The second-order valence-corrected chi connectivity index (χ2v) is 9.63. The zero-order valence-corrected chi connectivity index (χ0v) is 19.2. The zero-order valence-electron chi connectivity index (χ0n) is 18.4. The molecule has 0 amide bonds. The molecule has 0 spiro atoms. The van der Waals surface area contributed by atoms with E-state index in [0.717, 1.165) is 12.1 Å². The van der Waals surface area contributed by atoms with Crippen molar-refractivity contribution in [3.05, 3.63) is 65.2 Å². The van der Waals surface area contributed by atoms with Crippen LogP contribution < -0.4 is 15.4 Å². The molecule has 0 saturated carbocycles. The number of guanidine groups is 1. The van der Waals surface area contributed by atoms with Crippen LogP contribution in [-0.2, 0) is 23.1 Å². The van der Waals surface area contributed by atoms with E-state index in [1.165, 1.54) is 37.1 Å². The van der Waals surface area contributed by atoms with Crippen LogP contribution in [0.2, 0.25) is 0 Å². The van der Waals surface area contributed by atoms with E-state index in [0.29, 0.717) is 19.0 Å². The van der Waals surface area contributed by atoms with Gasteiger partial charge in [0.2, 0.25) is 10.0 Å². The van der Waals surface area contributed by atoms with Gasteiger partial charge in [0.25, 0.3) is 0 Å². The van der Waals surface area contributed by atoms with Crippen LogP contribution in [-0.4, -0.2) is 52.5 Å². The molecule has 0 radical (unpaired) electrons. The molecular weight excluding hydrogens is 410 g/mol. The molecule has 0 atom stereocenters. The largest absolute Gasteiger partial charge is 0.355 e. The summed E-state index contributed by atoms with van der Waals surface area (Å²) in [6, 6.07) is 15.5. The first kappa shape index (κ1) is 23.2. The van der Waals surface area contributed by atoms with Crippen molar-refractivity contribution >= 4 is 16.0 Å². The summed E-state index contributed by atoms with van der Waals surface area (Å²) >= 11 is 0. The highest BCUT2D eigenvalue weighted by Crippen LogP contribution is 2.13. The van der Waals surface area contributed by atoms with Crippen molar-refractivity contribution in [3.63, 3.8) is 0 Å². The number of nitrogens with one attached hydrogen (secondary N) is 3. The van der Waals surface area contributed by atoms with E-state index in [1.807, 2.05) is 6.92 Å². The highest BCUT2D eigenvalue weighted by molar-refractivity contribution is 7.89. The van der Waals surface area contributed by atoms with Gasteiger partial charge in [0.15, 0.2) is 5.96 Å². The minimum Gasteiger partial charge on any atom is -0.355 e. The Hall–Kier alpha value is -2.42. The number of sulfonamides is 1. The lowest BCUT2D eigenvalue weighted by Gasteiger charge is -2.15. The molecule has 0 unspecified atom stereocenters. The average Bonchev–Trinajstić information content (AvgIpc) is 3.28. The topological polar surface area (TPSA) is 85.8 Å². The number of benzene rings is 2. The molecule has 0 aliphatic carbocycles. The first-order chi connectivity index (χ1) is 15.0. The van der Waals surface area contributed by atoms with E-state index in [-0.39, 0.29) is 11.4 Å². The molecule has 1 heterocycles. The number of hydrogen-bond donors (Lipinski definition) is 3. The lowest BCUT2D eigenvalue weighted by atomic mass is 10.1. The van der Waals surface area contributed by atoms with Gasteiger partial charge in [0.05, 0.1) is 4.90 Å². The molecule has 0 aromatic heterocycles. The predicted molar refractivity (Wildman–Crippen MR) is 126 cm³/mol. The molecule has 1 aliphatic heterocycles. The van der Waals surface area contributed by atoms with Crippen LogP contribution in [0.5, 0.6) is 0 Å². The highest BCUT2D eigenvalue weighted by Gasteiger charge is 2.13. The predicted octanol–water partition coefficient (Wildman–Crippen LogP) is 2.23. The van der Waals surface area contributed by atoms with Gasteiger partial charge in [-0.15, -0.1) is 0 Å². The molecule has 1 aliphatic rings. The number of nitrogens with zero attached hydrogens (tertiary/aromatic N) is 2. The van der Waals surface area contributed by atoms with Crippen LogP contribution in [0.25, 0.3) is 0 Å². The van der Waals surface area contributed by atoms with Gasteiger partial charge in [-0.05, 0) is 56.1 Å². The quantitative estimate of drug-likeness (QED) is 0.314. The molecular formula is C23H33N5O2S. The summed E-state index contributed by atoms with van der Waals surface area (Å²) in [6.45, 7) is 6.70. The molecule has 31 heavy (non-hydrogen) atoms. The van der Waals surface area contributed by atoms with Gasteiger partial charge in [-0.2, -0.15) is 0 Å². The maximum absolute atomic E-state index is 12.3. The number of aliphatic imine (C=N–C) groups is 1. The van der Waals surface area contributed by atoms with Crippen LogP contribution >= 0.6 is 0 Å². The Balaban J connectivity index is 1.39. The molecule has 2 aromatic rings. The number of aryl methyl sites for hydroxylation is 1. The maximum Gasteiger partial charge on any atom is 0.240 e. The van der Waals surface area contributed by atoms with Crippen molar-refractivity contribution in [2.24, 2.45) is 4.99 Å². The second-order valence-electron chi connectivity index (χ2n) is 7.86. The average molecular weight is 444 g/mol. The lowest BCUT2D eigenvalue weighted by molar-refractivity contribution is 0.331. The van der Waals surface area contributed by atoms with Crippen LogP contribution in [0.4, 0.5) is 0 Å². The molecule has 7 nitrogen and oxygen atoms in total. The van der Waals surface area contributed by atoms with Crippen molar-refractivity contribution in [2.45, 2.75) is 37.8 Å². The minimum atomic E-state index is -3.50. The molecule has 8 heteroatoms. The van der Waals surface area contributed by atoms with E-state index in [4.69, 9.17) is 0 Å². The first-order valence-electron chi connectivity index (χ1n) is 10.8. The SMILES string of the molecule is CN=C(NCCNS(=O)(=O)c1ccc(C)cc1)NCc1ccc(CN2CCCC2)cc1. The highest BCUT2D eigenvalue weighted by atomic mass is 32.2. The third kappa shape index (κ3) is 7.34. The van der Waals surface area contributed by atoms with E-state index in [9.17, 15) is 8.42 Å². The van der Waals surface area contributed by atoms with E-state index < -0.39 is 10.0 Å². The summed E-state index contributed by atoms with van der Waals surface area (Å²) < 4.78 is 27.2. The summed E-state index contributed by atoms with van der Waals surface area (Å²) in [5.41, 5.74) is 3.54. The van der Waals surface area contributed by atoms with Crippen LogP contribution in [0, 0.1) is 6.92 Å². The Labute approximate surface area is 186 Å². The Morgan fingerprint density at radius 2 is 1.58 bits per heavy atom. The summed E-state index contributed by atoms with van der Waals surface area (Å²) in [6.07, 6.45) is 2.61. The standard InChI is InChI=1S/C23H33N5O2S/c1-19-5-11-22(12-6-19)31(29,30)27-14-13-25-23(24-2)26-17-20-7-9-21(10-8-20)18-28-15-3-4-16-28/h5-12,27H,3-4,13-18H2,1-2H3,(H2,24,25,26). The normalized spacial score (nSPS) is 15.2. The van der Waals surface area contributed by atoms with Gasteiger partial charge in [-0.3, -0.25) is 9.89 Å². The molecule has 0 bridgehead atoms. The Morgan fingerprint density at radius 1 is 0.935 bits per heavy atom. The minimum absolute atomic E-state index is 0.266. The van der Waals surface area contributed by atoms with Gasteiger partial charge in [-0.1, -0.05) is 42.0 Å². The summed E-state index contributed by atoms with van der Waals surface area (Å²) in [5, 5.41) is 6.40. The van der Waals surface area contributed by atoms with Crippen molar-refractivity contribution in [2.75, 3.05) is 33.2 Å². The zero-order chi connectivity index (χ0) is 22.1. The van der Waals surface area contributed by atoms with E-state index >= 15 is 0 Å². The van der Waals surface area contributed by atoms with Gasteiger partial charge < -0.3 is 10.6 Å². The van der Waals surface area contributed by atoms with Gasteiger partial charge in [0, 0.05) is 33.2 Å². The summed E-state index contributed by atoms with van der Waals surface area (Å²) in [4.78, 5) is 6.97. The molecule has 1 saturated heterocycles. The number of likely N-dealkylation sites (tertiary alicyclic amines) is 1. The van der Waals surface area contributed by atoms with Gasteiger partial charge in [-0.25, -0.2) is 13.1 Å². The molecule has 3 rings (SSSR count). The van der Waals surface area contributed by atoms with E-state index in [2.05, 4.69) is 49.5 Å². The summed E-state index contributed by atoms with van der Waals surface area (Å²) in [5.74, 6) is 0.635. The lowest BCUT2D eigenvalue weighted by Crippen LogP contribution is -2.41. The second kappa shape index (κ2) is 11.3. The van der Waals surface area contributed by atoms with E-state index in [1.54, 1.807) is 31.3 Å². The molecule has 3 N–H and O–H groups in total. The molecule has 1 fully saturated rings.